The number of ether oxygens (including phenoxy) is 1. The summed E-state index contributed by atoms with van der Waals surface area (Å²) >= 11 is 3.07. The predicted octanol–water partition coefficient (Wildman–Crippen LogP) is 4.08. The third-order valence-electron chi connectivity index (χ3n) is 3.69. The van der Waals surface area contributed by atoms with Gasteiger partial charge in [0.1, 0.15) is 16.9 Å². The van der Waals surface area contributed by atoms with Crippen LogP contribution < -0.4 is 10.3 Å². The largest absolute Gasteiger partial charge is 0.497 e. The van der Waals surface area contributed by atoms with Crippen molar-refractivity contribution in [3.8, 4) is 16.2 Å². The van der Waals surface area contributed by atoms with Crippen LogP contribution >= 0.6 is 22.7 Å². The van der Waals surface area contributed by atoms with Gasteiger partial charge in [-0.3, -0.25) is 4.79 Å². The zero-order chi connectivity index (χ0) is 17.2. The Morgan fingerprint density at radius 3 is 2.96 bits per heavy atom. The average Bonchev–Trinajstić information content (AvgIpc) is 3.31. The van der Waals surface area contributed by atoms with Crippen LogP contribution in [0.2, 0.25) is 0 Å². The van der Waals surface area contributed by atoms with Gasteiger partial charge < -0.3 is 4.74 Å². The van der Waals surface area contributed by atoms with Crippen molar-refractivity contribution in [2.24, 2.45) is 5.10 Å². The lowest BCUT2D eigenvalue weighted by Crippen LogP contribution is -2.16. The smallest absolute Gasteiger partial charge is 0.283 e. The molecule has 0 N–H and O–H groups in total. The van der Waals surface area contributed by atoms with Crippen LogP contribution in [-0.4, -0.2) is 23.0 Å². The Balaban J connectivity index is 1.78. The number of nitrogens with zero attached hydrogens (tertiary/aromatic N) is 3. The molecule has 0 saturated carbocycles. The molecule has 124 valence electrons. The van der Waals surface area contributed by atoms with E-state index in [1.807, 2.05) is 47.2 Å². The number of hydrogen-bond donors (Lipinski definition) is 0. The van der Waals surface area contributed by atoms with Crippen molar-refractivity contribution < 1.29 is 4.74 Å². The Morgan fingerprint density at radius 2 is 2.16 bits per heavy atom. The van der Waals surface area contributed by atoms with Gasteiger partial charge in [0.25, 0.3) is 5.56 Å². The van der Waals surface area contributed by atoms with E-state index in [9.17, 15) is 4.79 Å². The summed E-state index contributed by atoms with van der Waals surface area (Å²) in [7, 11) is 1.61. The lowest BCUT2D eigenvalue weighted by molar-refractivity contribution is 0.415. The highest BCUT2D eigenvalue weighted by atomic mass is 32.1. The second kappa shape index (κ2) is 6.62. The normalized spacial score (nSPS) is 11.4. The quantitative estimate of drug-likeness (QED) is 0.511. The molecule has 5 nitrogen and oxygen atoms in total. The van der Waals surface area contributed by atoms with E-state index in [-0.39, 0.29) is 5.56 Å². The van der Waals surface area contributed by atoms with E-state index in [1.165, 1.54) is 22.3 Å². The van der Waals surface area contributed by atoms with Gasteiger partial charge in [0.05, 0.1) is 18.7 Å². The fourth-order valence-electron chi connectivity index (χ4n) is 2.47. The van der Waals surface area contributed by atoms with Crippen LogP contribution in [0.15, 0.2) is 63.4 Å². The van der Waals surface area contributed by atoms with Crippen molar-refractivity contribution in [1.82, 2.24) is 9.66 Å². The highest BCUT2D eigenvalue weighted by Gasteiger charge is 2.13. The third kappa shape index (κ3) is 2.99. The molecule has 7 heteroatoms. The number of methoxy groups -OCH3 is 1. The summed E-state index contributed by atoms with van der Waals surface area (Å²) in [6, 6.07) is 11.4. The van der Waals surface area contributed by atoms with Gasteiger partial charge in [0, 0.05) is 15.8 Å². The van der Waals surface area contributed by atoms with Gasteiger partial charge in [-0.15, -0.1) is 22.7 Å². The summed E-state index contributed by atoms with van der Waals surface area (Å²) in [6.45, 7) is 0. The predicted molar refractivity (Wildman–Crippen MR) is 103 cm³/mol. The molecule has 0 unspecified atom stereocenters. The van der Waals surface area contributed by atoms with E-state index < -0.39 is 0 Å². The minimum Gasteiger partial charge on any atom is -0.497 e. The first-order valence-corrected chi connectivity index (χ1v) is 9.23. The van der Waals surface area contributed by atoms with E-state index in [2.05, 4.69) is 10.1 Å². The molecule has 25 heavy (non-hydrogen) atoms. The van der Waals surface area contributed by atoms with Crippen molar-refractivity contribution in [2.75, 3.05) is 7.11 Å². The Bertz CT molecular complexity index is 1110. The van der Waals surface area contributed by atoms with Crippen molar-refractivity contribution in [3.05, 3.63) is 69.4 Å². The Hall–Kier alpha value is -2.77. The molecular formula is C18H13N3O2S2. The molecule has 0 bridgehead atoms. The van der Waals surface area contributed by atoms with E-state index in [1.54, 1.807) is 24.7 Å². The van der Waals surface area contributed by atoms with Gasteiger partial charge in [0.15, 0.2) is 0 Å². The van der Waals surface area contributed by atoms with Crippen LogP contribution in [0.25, 0.3) is 20.7 Å². The number of aromatic nitrogens is 2. The minimum absolute atomic E-state index is 0.172. The zero-order valence-corrected chi connectivity index (χ0v) is 14.9. The third-order valence-corrected chi connectivity index (χ3v) is 5.48. The Morgan fingerprint density at radius 1 is 1.24 bits per heavy atom. The van der Waals surface area contributed by atoms with Crippen LogP contribution in [0.4, 0.5) is 0 Å². The van der Waals surface area contributed by atoms with E-state index >= 15 is 0 Å². The van der Waals surface area contributed by atoms with Crippen molar-refractivity contribution >= 4 is 39.1 Å². The molecule has 0 spiro atoms. The molecule has 0 aliphatic carbocycles. The first-order chi connectivity index (χ1) is 12.3. The molecule has 3 heterocycles. The maximum Gasteiger partial charge on any atom is 0.283 e. The fraction of sp³-hybridized carbons (Fsp3) is 0.0556. The second-order valence-electron chi connectivity index (χ2n) is 5.22. The van der Waals surface area contributed by atoms with Crippen molar-refractivity contribution in [2.45, 2.75) is 0 Å². The monoisotopic (exact) mass is 367 g/mol. The van der Waals surface area contributed by atoms with Gasteiger partial charge >= 0.3 is 0 Å². The van der Waals surface area contributed by atoms with Crippen LogP contribution in [0.1, 0.15) is 5.56 Å². The number of thiophene rings is 2. The van der Waals surface area contributed by atoms with E-state index in [0.29, 0.717) is 5.39 Å². The van der Waals surface area contributed by atoms with Crippen molar-refractivity contribution in [1.29, 1.82) is 0 Å². The molecule has 0 aliphatic heterocycles. The van der Waals surface area contributed by atoms with Gasteiger partial charge in [-0.25, -0.2) is 4.98 Å². The lowest BCUT2D eigenvalue weighted by Gasteiger charge is -2.01. The summed E-state index contributed by atoms with van der Waals surface area (Å²) in [5, 5.41) is 8.85. The van der Waals surface area contributed by atoms with Crippen LogP contribution in [-0.2, 0) is 0 Å². The topological polar surface area (TPSA) is 56.5 Å². The minimum atomic E-state index is -0.172. The maximum absolute atomic E-state index is 12.8. The molecular weight excluding hydrogens is 354 g/mol. The molecule has 0 amide bonds. The summed E-state index contributed by atoms with van der Waals surface area (Å²) in [6.07, 6.45) is 3.07. The molecule has 0 fully saturated rings. The molecule has 0 atom stereocenters. The molecule has 0 radical (unpaired) electrons. The first kappa shape index (κ1) is 15.7. The Labute approximate surface area is 151 Å². The molecule has 4 aromatic rings. The fourth-order valence-corrected chi connectivity index (χ4v) is 4.19. The Kier molecular flexibility index (Phi) is 4.17. The number of benzene rings is 1. The van der Waals surface area contributed by atoms with Crippen LogP contribution in [0, 0.1) is 0 Å². The maximum atomic E-state index is 12.8. The van der Waals surface area contributed by atoms with E-state index in [0.717, 1.165) is 26.6 Å². The summed E-state index contributed by atoms with van der Waals surface area (Å²) in [5.74, 6) is 0.739. The van der Waals surface area contributed by atoms with Gasteiger partial charge in [0.2, 0.25) is 0 Å². The number of hydrogen-bond acceptors (Lipinski definition) is 6. The zero-order valence-electron chi connectivity index (χ0n) is 13.2. The summed E-state index contributed by atoms with van der Waals surface area (Å²) in [5.41, 5.74) is 1.59. The van der Waals surface area contributed by atoms with Crippen molar-refractivity contribution in [3.63, 3.8) is 0 Å². The number of rotatable bonds is 4. The summed E-state index contributed by atoms with van der Waals surface area (Å²) < 4.78 is 6.46. The highest BCUT2D eigenvalue weighted by Crippen LogP contribution is 2.33. The van der Waals surface area contributed by atoms with Gasteiger partial charge in [-0.2, -0.15) is 9.78 Å². The summed E-state index contributed by atoms with van der Waals surface area (Å²) in [4.78, 5) is 19.0. The molecule has 0 saturated heterocycles. The van der Waals surface area contributed by atoms with Crippen LogP contribution in [0.3, 0.4) is 0 Å². The number of fused-ring (bicyclic) bond motifs is 1. The van der Waals surface area contributed by atoms with Gasteiger partial charge in [-0.05, 0) is 29.1 Å². The molecule has 0 aliphatic rings. The molecule has 3 aromatic heterocycles. The highest BCUT2D eigenvalue weighted by molar-refractivity contribution is 7.18. The SMILES string of the molecule is COc1cccc(/C=N\n2cnc3scc(-c4cccs4)c3c2=O)c1. The molecule has 1 aromatic carbocycles. The van der Waals surface area contributed by atoms with Gasteiger partial charge in [-0.1, -0.05) is 18.2 Å². The van der Waals surface area contributed by atoms with E-state index in [4.69, 9.17) is 4.74 Å². The van der Waals surface area contributed by atoms with Crippen LogP contribution in [0.5, 0.6) is 5.75 Å². The standard InChI is InChI=1S/C18H13N3O2S2/c1-23-13-5-2-4-12(8-13)9-20-21-11-19-17-16(18(21)22)14(10-25-17)15-6-3-7-24-15/h2-11H,1H3/b20-9-. The molecule has 4 rings (SSSR count). The second-order valence-corrected chi connectivity index (χ2v) is 7.03. The lowest BCUT2D eigenvalue weighted by atomic mass is 10.2. The first-order valence-electron chi connectivity index (χ1n) is 7.47. The average molecular weight is 367 g/mol.